The van der Waals surface area contributed by atoms with Crippen LogP contribution in [0.4, 0.5) is 4.39 Å². The van der Waals surface area contributed by atoms with Gasteiger partial charge in [-0.3, -0.25) is 14.8 Å². The Morgan fingerprint density at radius 2 is 2.03 bits per heavy atom. The molecule has 1 amide bonds. The van der Waals surface area contributed by atoms with Crippen molar-refractivity contribution in [1.29, 1.82) is 0 Å². The summed E-state index contributed by atoms with van der Waals surface area (Å²) in [5.41, 5.74) is 1.63. The van der Waals surface area contributed by atoms with Crippen LogP contribution in [0.2, 0.25) is 0 Å². The van der Waals surface area contributed by atoms with E-state index in [1.165, 1.54) is 12.1 Å². The number of benzene rings is 1. The smallest absolute Gasteiger partial charge is 0.326 e. The summed E-state index contributed by atoms with van der Waals surface area (Å²) in [6.45, 7) is 1.64. The molecule has 184 valence electrons. The van der Waals surface area contributed by atoms with Gasteiger partial charge in [-0.05, 0) is 37.1 Å². The maximum absolute atomic E-state index is 14.7. The van der Waals surface area contributed by atoms with Crippen LogP contribution in [-0.4, -0.2) is 72.8 Å². The van der Waals surface area contributed by atoms with Crippen LogP contribution in [0.3, 0.4) is 0 Å². The summed E-state index contributed by atoms with van der Waals surface area (Å²) in [5.74, 6) is -1.31. The first-order chi connectivity index (χ1) is 17.5. The Bertz CT molecular complexity index is 1660. The highest BCUT2D eigenvalue weighted by Gasteiger charge is 2.23. The number of carbonyl (C=O) groups excluding carboxylic acids is 1. The van der Waals surface area contributed by atoms with Crippen molar-refractivity contribution in [2.24, 2.45) is 4.99 Å². The molecular weight excluding hydrogens is 469 g/mol. The molecule has 1 saturated heterocycles. The van der Waals surface area contributed by atoms with Crippen LogP contribution < -0.4 is 16.4 Å². The number of nitrogens with zero attached hydrogens (tertiary/aromatic N) is 5. The number of fused-ring (bicyclic) bond motifs is 1. The lowest BCUT2D eigenvalue weighted by Crippen LogP contribution is -2.41. The number of morpholine rings is 1. The molecule has 12 heteroatoms. The second kappa shape index (κ2) is 8.72. The van der Waals surface area contributed by atoms with Crippen LogP contribution in [-0.2, 0) is 4.74 Å². The van der Waals surface area contributed by atoms with E-state index in [9.17, 15) is 19.1 Å². The van der Waals surface area contributed by atoms with Crippen molar-refractivity contribution < 1.29 is 19.0 Å². The van der Waals surface area contributed by atoms with Gasteiger partial charge in [0.1, 0.15) is 11.5 Å². The first kappa shape index (κ1) is 22.2. The van der Waals surface area contributed by atoms with Gasteiger partial charge in [0, 0.05) is 29.9 Å². The molecule has 11 nitrogen and oxygen atoms in total. The van der Waals surface area contributed by atoms with E-state index in [0.29, 0.717) is 53.9 Å². The second-order valence-corrected chi connectivity index (χ2v) is 8.78. The molecular formula is C24H22FN7O4. The van der Waals surface area contributed by atoms with E-state index < -0.39 is 17.4 Å². The van der Waals surface area contributed by atoms with E-state index in [0.717, 1.165) is 12.8 Å². The van der Waals surface area contributed by atoms with Crippen molar-refractivity contribution in [2.75, 3.05) is 26.3 Å². The van der Waals surface area contributed by atoms with Crippen molar-refractivity contribution in [2.45, 2.75) is 18.9 Å². The first-order valence-electron chi connectivity index (χ1n) is 11.6. The zero-order chi connectivity index (χ0) is 24.8. The van der Waals surface area contributed by atoms with Gasteiger partial charge in [0.2, 0.25) is 5.88 Å². The fraction of sp³-hybridized carbons (Fsp3) is 0.292. The van der Waals surface area contributed by atoms with Gasteiger partial charge in [-0.25, -0.2) is 14.2 Å². The number of hydrogen-bond acceptors (Lipinski definition) is 7. The standard InChI is InChI=1S/C24H22FN7O4/c25-17-4-1-13(9-16(17)23(34)31-5-7-36-8-6-31)18-11-20(27-15-2-3-15)32-21(28-18)14(12-26-32)10-19-22(33)30-24(35)29-19/h1,4,9-12,15,33H,2-3,5-8H2,(H2,29,30,35). The summed E-state index contributed by atoms with van der Waals surface area (Å²) >= 11 is 0. The number of aromatic hydroxyl groups is 1. The molecule has 1 aromatic carbocycles. The van der Waals surface area contributed by atoms with Gasteiger partial charge in [-0.2, -0.15) is 9.61 Å². The molecule has 2 fully saturated rings. The number of ether oxygens (including phenoxy) is 1. The fourth-order valence-corrected chi connectivity index (χ4v) is 4.13. The molecule has 0 unspecified atom stereocenters. The zero-order valence-electron chi connectivity index (χ0n) is 19.1. The molecule has 0 atom stereocenters. The maximum atomic E-state index is 14.7. The van der Waals surface area contributed by atoms with Gasteiger partial charge in [-0.15, -0.1) is 0 Å². The monoisotopic (exact) mass is 491 g/mol. The molecule has 1 aliphatic carbocycles. The zero-order valence-corrected chi connectivity index (χ0v) is 19.1. The number of imidazole rings is 1. The van der Waals surface area contributed by atoms with E-state index in [4.69, 9.17) is 14.7 Å². The van der Waals surface area contributed by atoms with Gasteiger partial charge in [0.05, 0.1) is 36.7 Å². The Morgan fingerprint density at radius 1 is 1.22 bits per heavy atom. The minimum absolute atomic E-state index is 0.0353. The molecule has 0 bridgehead atoms. The highest BCUT2D eigenvalue weighted by molar-refractivity contribution is 5.95. The molecule has 0 radical (unpaired) electrons. The van der Waals surface area contributed by atoms with Crippen molar-refractivity contribution in [3.63, 3.8) is 0 Å². The number of carbonyl (C=O) groups is 1. The number of halogens is 1. The van der Waals surface area contributed by atoms with Gasteiger partial charge in [0.15, 0.2) is 11.1 Å². The van der Waals surface area contributed by atoms with E-state index >= 15 is 0 Å². The topological polar surface area (TPSA) is 141 Å². The molecule has 4 aromatic rings. The summed E-state index contributed by atoms with van der Waals surface area (Å²) in [6.07, 6.45) is 5.06. The minimum atomic E-state index is -0.607. The molecule has 4 heterocycles. The van der Waals surface area contributed by atoms with E-state index in [2.05, 4.69) is 15.1 Å². The number of aromatic nitrogens is 5. The number of aromatic amines is 2. The number of nitrogens with one attached hydrogen (secondary N) is 2. The minimum Gasteiger partial charge on any atom is -0.493 e. The average Bonchev–Trinajstić information content (AvgIpc) is 3.52. The molecule has 6 rings (SSSR count). The summed E-state index contributed by atoms with van der Waals surface area (Å²) in [4.78, 5) is 40.4. The Kier molecular flexibility index (Phi) is 5.37. The lowest BCUT2D eigenvalue weighted by Gasteiger charge is -2.27. The summed E-state index contributed by atoms with van der Waals surface area (Å²) < 4.78 is 21.6. The van der Waals surface area contributed by atoms with Gasteiger partial charge >= 0.3 is 5.69 Å². The highest BCUT2D eigenvalue weighted by Crippen LogP contribution is 2.24. The van der Waals surface area contributed by atoms with Gasteiger partial charge in [0.25, 0.3) is 5.91 Å². The predicted octanol–water partition coefficient (Wildman–Crippen LogP) is 0.341. The lowest BCUT2D eigenvalue weighted by atomic mass is 10.1. The van der Waals surface area contributed by atoms with Crippen molar-refractivity contribution in [3.8, 4) is 17.1 Å². The van der Waals surface area contributed by atoms with Crippen LogP contribution in [0.5, 0.6) is 5.88 Å². The number of H-pyrrole nitrogens is 2. The molecule has 0 spiro atoms. The van der Waals surface area contributed by atoms with Crippen LogP contribution in [0.25, 0.3) is 23.0 Å². The van der Waals surface area contributed by atoms with Crippen molar-refractivity contribution in [3.05, 3.63) is 68.7 Å². The average molecular weight is 491 g/mol. The molecule has 3 aromatic heterocycles. The van der Waals surface area contributed by atoms with E-state index in [-0.39, 0.29) is 23.2 Å². The summed E-state index contributed by atoms with van der Waals surface area (Å²) in [7, 11) is 0. The molecule has 1 aliphatic heterocycles. The number of hydrogen-bond donors (Lipinski definition) is 3. The van der Waals surface area contributed by atoms with Crippen LogP contribution in [0.1, 0.15) is 28.9 Å². The van der Waals surface area contributed by atoms with Crippen molar-refractivity contribution in [1.82, 2.24) is 29.5 Å². The lowest BCUT2D eigenvalue weighted by molar-refractivity contribution is 0.0300. The maximum Gasteiger partial charge on any atom is 0.326 e. The number of amides is 1. The van der Waals surface area contributed by atoms with Crippen LogP contribution >= 0.6 is 0 Å². The fourth-order valence-electron chi connectivity index (χ4n) is 4.13. The Labute approximate surface area is 202 Å². The third kappa shape index (κ3) is 4.15. The second-order valence-electron chi connectivity index (χ2n) is 8.78. The normalized spacial score (nSPS) is 17.3. The largest absolute Gasteiger partial charge is 0.493 e. The molecule has 3 N–H and O–H groups in total. The summed E-state index contributed by atoms with van der Waals surface area (Å²) in [6, 6.07) is 6.28. The van der Waals surface area contributed by atoms with Gasteiger partial charge in [-0.1, -0.05) is 0 Å². The Hall–Kier alpha value is -4.32. The summed E-state index contributed by atoms with van der Waals surface area (Å²) in [5, 5.41) is 14.9. The van der Waals surface area contributed by atoms with Crippen LogP contribution in [0.15, 0.2) is 40.2 Å². The SMILES string of the molecule is O=C(c1cc(-c2cc(=NC3CC3)n3ncc(=Cc4[nH]c(=O)[nH]c4O)c3n2)ccc1F)N1CCOCC1. The van der Waals surface area contributed by atoms with Crippen molar-refractivity contribution >= 4 is 17.6 Å². The predicted molar refractivity (Wildman–Crippen MR) is 126 cm³/mol. The molecule has 36 heavy (non-hydrogen) atoms. The number of rotatable bonds is 4. The molecule has 1 saturated carbocycles. The Morgan fingerprint density at radius 3 is 2.75 bits per heavy atom. The highest BCUT2D eigenvalue weighted by atomic mass is 19.1. The van der Waals surface area contributed by atoms with E-state index in [1.54, 1.807) is 33.8 Å². The van der Waals surface area contributed by atoms with Gasteiger partial charge < -0.3 is 19.7 Å². The third-order valence-corrected chi connectivity index (χ3v) is 6.17. The molecule has 2 aliphatic rings. The quantitative estimate of drug-likeness (QED) is 0.376. The Balaban J connectivity index is 1.50. The third-order valence-electron chi connectivity index (χ3n) is 6.17. The first-order valence-corrected chi connectivity index (χ1v) is 11.6. The van der Waals surface area contributed by atoms with Crippen LogP contribution in [0, 0.1) is 5.82 Å². The van der Waals surface area contributed by atoms with E-state index in [1.807, 2.05) is 0 Å².